The van der Waals surface area contributed by atoms with Crippen molar-refractivity contribution in [3.63, 3.8) is 0 Å². The number of carbonyl (C=O) groups excluding carboxylic acids is 1. The molecule has 0 radical (unpaired) electrons. The quantitative estimate of drug-likeness (QED) is 0.827. The van der Waals surface area contributed by atoms with Crippen molar-refractivity contribution in [2.75, 3.05) is 19.8 Å². The molecule has 1 aromatic rings. The monoisotopic (exact) mass is 276 g/mol. The number of nitrogens with zero attached hydrogens (tertiary/aromatic N) is 2. The zero-order valence-corrected chi connectivity index (χ0v) is 11.6. The molecule has 3 aliphatic rings. The van der Waals surface area contributed by atoms with Gasteiger partial charge in [-0.15, -0.1) is 0 Å². The molecule has 20 heavy (non-hydrogen) atoms. The van der Waals surface area contributed by atoms with Gasteiger partial charge in [0.1, 0.15) is 5.76 Å². The van der Waals surface area contributed by atoms with E-state index in [9.17, 15) is 4.79 Å². The van der Waals surface area contributed by atoms with Crippen molar-refractivity contribution in [3.8, 4) is 0 Å². The molecule has 1 aromatic heterocycles. The van der Waals surface area contributed by atoms with E-state index in [2.05, 4.69) is 5.16 Å². The summed E-state index contributed by atoms with van der Waals surface area (Å²) in [7, 11) is 0. The van der Waals surface area contributed by atoms with Crippen LogP contribution in [0.25, 0.3) is 0 Å². The molecule has 1 aliphatic heterocycles. The fourth-order valence-corrected chi connectivity index (χ4v) is 2.89. The van der Waals surface area contributed by atoms with Gasteiger partial charge in [0.15, 0.2) is 5.69 Å². The van der Waals surface area contributed by atoms with Gasteiger partial charge >= 0.3 is 0 Å². The molecule has 0 N–H and O–H groups in total. The molecular weight excluding hydrogens is 256 g/mol. The molecule has 1 saturated heterocycles. The molecule has 1 atom stereocenters. The summed E-state index contributed by atoms with van der Waals surface area (Å²) in [5, 5.41) is 3.99. The van der Waals surface area contributed by atoms with Crippen LogP contribution >= 0.6 is 0 Å². The highest BCUT2D eigenvalue weighted by Crippen LogP contribution is 2.40. The normalized spacial score (nSPS) is 25.9. The van der Waals surface area contributed by atoms with Crippen LogP contribution in [0.4, 0.5) is 0 Å². The van der Waals surface area contributed by atoms with Gasteiger partial charge in [0.25, 0.3) is 5.91 Å². The zero-order chi connectivity index (χ0) is 13.5. The first-order valence-electron chi connectivity index (χ1n) is 7.66. The predicted octanol–water partition coefficient (Wildman–Crippen LogP) is 2.19. The van der Waals surface area contributed by atoms with Crippen molar-refractivity contribution >= 4 is 5.91 Å². The van der Waals surface area contributed by atoms with Crippen molar-refractivity contribution in [1.82, 2.24) is 10.1 Å². The molecule has 0 aromatic carbocycles. The largest absolute Gasteiger partial charge is 0.381 e. The number of carbonyl (C=O) groups is 1. The van der Waals surface area contributed by atoms with Crippen LogP contribution in [0.2, 0.25) is 0 Å². The topological polar surface area (TPSA) is 55.6 Å². The average molecular weight is 276 g/mol. The van der Waals surface area contributed by atoms with E-state index >= 15 is 0 Å². The summed E-state index contributed by atoms with van der Waals surface area (Å²) >= 11 is 0. The lowest BCUT2D eigenvalue weighted by molar-refractivity contribution is 0.0695. The summed E-state index contributed by atoms with van der Waals surface area (Å²) in [6.45, 7) is 2.41. The van der Waals surface area contributed by atoms with E-state index in [1.54, 1.807) is 0 Å². The Labute approximate surface area is 118 Å². The summed E-state index contributed by atoms with van der Waals surface area (Å²) in [4.78, 5) is 14.6. The van der Waals surface area contributed by atoms with Crippen molar-refractivity contribution in [3.05, 3.63) is 17.5 Å². The van der Waals surface area contributed by atoms with Gasteiger partial charge < -0.3 is 14.2 Å². The fourth-order valence-electron chi connectivity index (χ4n) is 2.89. The van der Waals surface area contributed by atoms with Crippen LogP contribution in [0.1, 0.15) is 54.3 Å². The summed E-state index contributed by atoms with van der Waals surface area (Å²) < 4.78 is 10.7. The summed E-state index contributed by atoms with van der Waals surface area (Å²) in [5.41, 5.74) is 0.484. The van der Waals surface area contributed by atoms with Gasteiger partial charge in [0.2, 0.25) is 0 Å². The maximum atomic E-state index is 12.6. The molecule has 2 aliphatic carbocycles. The molecule has 0 spiro atoms. The standard InChI is InChI=1S/C15H20N2O3/c18-15(13-7-14(20-16-13)11-1-2-11)17(12-3-4-12)8-10-5-6-19-9-10/h7,10-12H,1-6,8-9H2. The maximum Gasteiger partial charge on any atom is 0.276 e. The molecule has 1 amide bonds. The van der Waals surface area contributed by atoms with Crippen LogP contribution in [0.3, 0.4) is 0 Å². The Bertz CT molecular complexity index is 499. The van der Waals surface area contributed by atoms with E-state index in [1.165, 1.54) is 0 Å². The Morgan fingerprint density at radius 2 is 2.15 bits per heavy atom. The SMILES string of the molecule is O=C(c1cc(C2CC2)on1)N(CC1CCOC1)C1CC1. The Morgan fingerprint density at radius 3 is 2.80 bits per heavy atom. The second-order valence-corrected chi connectivity index (χ2v) is 6.31. The molecule has 0 bridgehead atoms. The molecule has 4 rings (SSSR count). The first-order valence-corrected chi connectivity index (χ1v) is 7.66. The number of aromatic nitrogens is 1. The third-order valence-corrected chi connectivity index (χ3v) is 4.45. The van der Waals surface area contributed by atoms with Crippen LogP contribution in [0, 0.1) is 5.92 Å². The van der Waals surface area contributed by atoms with Gasteiger partial charge in [-0.1, -0.05) is 5.16 Å². The first kappa shape index (κ1) is 12.4. The van der Waals surface area contributed by atoms with E-state index in [0.717, 1.165) is 57.6 Å². The van der Waals surface area contributed by atoms with Gasteiger partial charge in [-0.2, -0.15) is 0 Å². The highest BCUT2D eigenvalue weighted by molar-refractivity contribution is 5.92. The first-order chi connectivity index (χ1) is 9.81. The number of rotatable bonds is 5. The molecule has 5 heteroatoms. The van der Waals surface area contributed by atoms with E-state index in [0.29, 0.717) is 23.6 Å². The fraction of sp³-hybridized carbons (Fsp3) is 0.733. The lowest BCUT2D eigenvalue weighted by atomic mass is 10.1. The van der Waals surface area contributed by atoms with Gasteiger partial charge in [0.05, 0.1) is 6.61 Å². The molecular formula is C15H20N2O3. The number of amides is 1. The van der Waals surface area contributed by atoms with E-state index < -0.39 is 0 Å². The van der Waals surface area contributed by atoms with Gasteiger partial charge in [-0.25, -0.2) is 0 Å². The maximum absolute atomic E-state index is 12.6. The Balaban J connectivity index is 1.47. The minimum absolute atomic E-state index is 0.0371. The lowest BCUT2D eigenvalue weighted by Crippen LogP contribution is -2.37. The summed E-state index contributed by atoms with van der Waals surface area (Å²) in [6, 6.07) is 2.25. The van der Waals surface area contributed by atoms with Crippen molar-refractivity contribution in [1.29, 1.82) is 0 Å². The van der Waals surface area contributed by atoms with Crippen molar-refractivity contribution < 1.29 is 14.1 Å². The lowest BCUT2D eigenvalue weighted by Gasteiger charge is -2.24. The Kier molecular flexibility index (Phi) is 3.02. The minimum atomic E-state index is 0.0371. The van der Waals surface area contributed by atoms with E-state index in [4.69, 9.17) is 9.26 Å². The van der Waals surface area contributed by atoms with Crippen LogP contribution in [0.15, 0.2) is 10.6 Å². The number of hydrogen-bond donors (Lipinski definition) is 0. The third-order valence-electron chi connectivity index (χ3n) is 4.45. The molecule has 3 fully saturated rings. The third kappa shape index (κ3) is 2.46. The minimum Gasteiger partial charge on any atom is -0.381 e. The van der Waals surface area contributed by atoms with Crippen molar-refractivity contribution in [2.45, 2.75) is 44.1 Å². The van der Waals surface area contributed by atoms with Crippen LogP contribution in [0.5, 0.6) is 0 Å². The van der Waals surface area contributed by atoms with Gasteiger partial charge in [0, 0.05) is 37.1 Å². The predicted molar refractivity (Wildman–Crippen MR) is 71.5 cm³/mol. The summed E-state index contributed by atoms with van der Waals surface area (Å²) in [5.74, 6) is 1.90. The molecule has 108 valence electrons. The highest BCUT2D eigenvalue weighted by atomic mass is 16.5. The molecule has 2 saturated carbocycles. The highest BCUT2D eigenvalue weighted by Gasteiger charge is 2.37. The average Bonchev–Trinajstić information content (AvgIpc) is 3.39. The Morgan fingerprint density at radius 1 is 1.30 bits per heavy atom. The number of hydrogen-bond acceptors (Lipinski definition) is 4. The smallest absolute Gasteiger partial charge is 0.276 e. The Hall–Kier alpha value is -1.36. The second-order valence-electron chi connectivity index (χ2n) is 6.31. The van der Waals surface area contributed by atoms with Crippen LogP contribution < -0.4 is 0 Å². The number of ether oxygens (including phenoxy) is 1. The van der Waals surface area contributed by atoms with Crippen molar-refractivity contribution in [2.24, 2.45) is 5.92 Å². The molecule has 2 heterocycles. The van der Waals surface area contributed by atoms with Crippen LogP contribution in [-0.2, 0) is 4.74 Å². The molecule has 1 unspecified atom stereocenters. The van der Waals surface area contributed by atoms with E-state index in [1.807, 2.05) is 11.0 Å². The second kappa shape index (κ2) is 4.88. The zero-order valence-electron chi connectivity index (χ0n) is 11.6. The van der Waals surface area contributed by atoms with Gasteiger partial charge in [-0.3, -0.25) is 4.79 Å². The summed E-state index contributed by atoms with van der Waals surface area (Å²) in [6.07, 6.45) is 5.62. The molecule has 5 nitrogen and oxygen atoms in total. The van der Waals surface area contributed by atoms with E-state index in [-0.39, 0.29) is 5.91 Å². The van der Waals surface area contributed by atoms with Gasteiger partial charge in [-0.05, 0) is 32.1 Å². The van der Waals surface area contributed by atoms with Crippen LogP contribution in [-0.4, -0.2) is 41.8 Å².